The van der Waals surface area contributed by atoms with Gasteiger partial charge in [-0.2, -0.15) is 0 Å². The van der Waals surface area contributed by atoms with Gasteiger partial charge in [-0.15, -0.1) is 0 Å². The molecule has 0 bridgehead atoms. The fraction of sp³-hybridized carbons (Fsp3) is 0.500. The van der Waals surface area contributed by atoms with Crippen LogP contribution in [0.25, 0.3) is 0 Å². The summed E-state index contributed by atoms with van der Waals surface area (Å²) >= 11 is 0. The fourth-order valence-corrected chi connectivity index (χ4v) is 1.66. The van der Waals surface area contributed by atoms with Crippen molar-refractivity contribution in [1.29, 1.82) is 0 Å². The number of ether oxygens (including phenoxy) is 1. The normalized spacial score (nSPS) is 13.1. The molecule has 0 aliphatic rings. The summed E-state index contributed by atoms with van der Waals surface area (Å²) in [5, 5.41) is 2.82. The van der Waals surface area contributed by atoms with E-state index in [0.29, 0.717) is 13.2 Å². The summed E-state index contributed by atoms with van der Waals surface area (Å²) in [6.45, 7) is 6.86. The minimum absolute atomic E-state index is 0.186. The molecule has 0 saturated heterocycles. The molecule has 1 atom stereocenters. The van der Waals surface area contributed by atoms with Crippen LogP contribution in [0.3, 0.4) is 0 Å². The molecule has 0 saturated carbocycles. The second kappa shape index (κ2) is 6.52. The van der Waals surface area contributed by atoms with E-state index in [1.54, 1.807) is 0 Å². The molecule has 0 spiro atoms. The molecular weight excluding hydrogens is 228 g/mol. The molecule has 0 heterocycles. The number of nitrogens with one attached hydrogen (secondary N) is 1. The molecule has 0 radical (unpaired) electrons. The number of carbonyl (C=O) groups excluding carboxylic acids is 1. The molecule has 18 heavy (non-hydrogen) atoms. The predicted octanol–water partition coefficient (Wildman–Crippen LogP) is 1.62. The lowest BCUT2D eigenvalue weighted by Gasteiger charge is -2.25. The fourth-order valence-electron chi connectivity index (χ4n) is 1.66. The number of hydrogen-bond donors (Lipinski definition) is 2. The Balaban J connectivity index is 2.51. The Kier molecular flexibility index (Phi) is 5.31. The molecule has 0 aliphatic carbocycles. The number of carbonyl (C=O) groups is 1. The van der Waals surface area contributed by atoms with Gasteiger partial charge in [-0.3, -0.25) is 4.79 Å². The standard InChI is InChI=1S/C14H22N2O2/c1-4-18-14(2,3)10-16-13(17)12(15)11-8-6-5-7-9-11/h5-9,12H,4,10,15H2,1-3H3,(H,16,17)/t12-/m0/s1. The summed E-state index contributed by atoms with van der Waals surface area (Å²) in [5.74, 6) is -0.186. The predicted molar refractivity (Wildman–Crippen MR) is 72.1 cm³/mol. The third kappa shape index (κ3) is 4.47. The van der Waals surface area contributed by atoms with Gasteiger partial charge in [-0.25, -0.2) is 0 Å². The minimum Gasteiger partial charge on any atom is -0.374 e. The molecule has 3 N–H and O–H groups in total. The Hall–Kier alpha value is -1.39. The van der Waals surface area contributed by atoms with Gasteiger partial charge < -0.3 is 15.8 Å². The number of hydrogen-bond acceptors (Lipinski definition) is 3. The number of rotatable bonds is 6. The molecule has 1 rings (SSSR count). The first-order valence-electron chi connectivity index (χ1n) is 6.18. The highest BCUT2D eigenvalue weighted by atomic mass is 16.5. The molecule has 1 aromatic carbocycles. The van der Waals surface area contributed by atoms with Crippen LogP contribution in [-0.4, -0.2) is 24.7 Å². The maximum Gasteiger partial charge on any atom is 0.241 e. The molecule has 4 nitrogen and oxygen atoms in total. The summed E-state index contributed by atoms with van der Waals surface area (Å²) in [7, 11) is 0. The van der Waals surface area contributed by atoms with Crippen molar-refractivity contribution in [2.24, 2.45) is 5.73 Å². The van der Waals surface area contributed by atoms with Gasteiger partial charge in [0.1, 0.15) is 6.04 Å². The Morgan fingerprint density at radius 2 is 2.00 bits per heavy atom. The Labute approximate surface area is 109 Å². The zero-order chi connectivity index (χ0) is 13.6. The SMILES string of the molecule is CCOC(C)(C)CNC(=O)[C@@H](N)c1ccccc1. The lowest BCUT2D eigenvalue weighted by atomic mass is 10.1. The molecule has 0 aliphatic heterocycles. The van der Waals surface area contributed by atoms with E-state index in [0.717, 1.165) is 5.56 Å². The van der Waals surface area contributed by atoms with Crippen LogP contribution in [0.4, 0.5) is 0 Å². The van der Waals surface area contributed by atoms with Crippen molar-refractivity contribution in [1.82, 2.24) is 5.32 Å². The first kappa shape index (κ1) is 14.7. The smallest absolute Gasteiger partial charge is 0.241 e. The quantitative estimate of drug-likeness (QED) is 0.806. The van der Waals surface area contributed by atoms with Crippen LogP contribution in [0, 0.1) is 0 Å². The average Bonchev–Trinajstić information content (AvgIpc) is 2.36. The van der Waals surface area contributed by atoms with Gasteiger partial charge in [0.15, 0.2) is 0 Å². The van der Waals surface area contributed by atoms with Crippen LogP contribution < -0.4 is 11.1 Å². The molecule has 100 valence electrons. The monoisotopic (exact) mass is 250 g/mol. The van der Waals surface area contributed by atoms with Crippen molar-refractivity contribution in [3.8, 4) is 0 Å². The van der Waals surface area contributed by atoms with Crippen molar-refractivity contribution >= 4 is 5.91 Å². The van der Waals surface area contributed by atoms with Crippen molar-refractivity contribution in [3.63, 3.8) is 0 Å². The zero-order valence-corrected chi connectivity index (χ0v) is 11.3. The lowest BCUT2D eigenvalue weighted by molar-refractivity contribution is -0.124. The van der Waals surface area contributed by atoms with Gasteiger partial charge in [0, 0.05) is 13.2 Å². The second-order valence-electron chi connectivity index (χ2n) is 4.80. The van der Waals surface area contributed by atoms with E-state index >= 15 is 0 Å². The maximum absolute atomic E-state index is 11.9. The van der Waals surface area contributed by atoms with E-state index in [9.17, 15) is 4.79 Å². The molecule has 0 aromatic heterocycles. The Morgan fingerprint density at radius 3 is 2.56 bits per heavy atom. The number of nitrogens with two attached hydrogens (primary N) is 1. The Bertz CT molecular complexity index is 377. The summed E-state index contributed by atoms with van der Waals surface area (Å²) in [6, 6.07) is 8.69. The molecule has 0 unspecified atom stereocenters. The summed E-state index contributed by atoms with van der Waals surface area (Å²) in [6.07, 6.45) is 0. The van der Waals surface area contributed by atoms with E-state index in [1.165, 1.54) is 0 Å². The molecule has 0 fully saturated rings. The third-order valence-electron chi connectivity index (χ3n) is 2.66. The minimum atomic E-state index is -0.636. The molecule has 1 aromatic rings. The Morgan fingerprint density at radius 1 is 1.39 bits per heavy atom. The number of benzene rings is 1. The first-order valence-corrected chi connectivity index (χ1v) is 6.18. The van der Waals surface area contributed by atoms with Crippen LogP contribution in [0.2, 0.25) is 0 Å². The van der Waals surface area contributed by atoms with E-state index in [2.05, 4.69) is 5.32 Å². The van der Waals surface area contributed by atoms with Gasteiger partial charge in [-0.1, -0.05) is 30.3 Å². The van der Waals surface area contributed by atoms with Gasteiger partial charge >= 0.3 is 0 Å². The van der Waals surface area contributed by atoms with E-state index in [1.807, 2.05) is 51.1 Å². The van der Waals surface area contributed by atoms with Crippen LogP contribution >= 0.6 is 0 Å². The van der Waals surface area contributed by atoms with Gasteiger partial charge in [0.2, 0.25) is 5.91 Å². The average molecular weight is 250 g/mol. The van der Waals surface area contributed by atoms with Gasteiger partial charge in [0.05, 0.1) is 5.60 Å². The van der Waals surface area contributed by atoms with Crippen molar-refractivity contribution in [2.45, 2.75) is 32.4 Å². The van der Waals surface area contributed by atoms with Gasteiger partial charge in [0.25, 0.3) is 0 Å². The lowest BCUT2D eigenvalue weighted by Crippen LogP contribution is -2.43. The van der Waals surface area contributed by atoms with Crippen molar-refractivity contribution < 1.29 is 9.53 Å². The van der Waals surface area contributed by atoms with Crippen LogP contribution in [-0.2, 0) is 9.53 Å². The maximum atomic E-state index is 11.9. The van der Waals surface area contributed by atoms with E-state index < -0.39 is 6.04 Å². The summed E-state index contributed by atoms with van der Waals surface area (Å²) in [5.41, 5.74) is 6.32. The highest BCUT2D eigenvalue weighted by Gasteiger charge is 2.21. The van der Waals surface area contributed by atoms with Crippen molar-refractivity contribution in [2.75, 3.05) is 13.2 Å². The van der Waals surface area contributed by atoms with Crippen LogP contribution in [0.15, 0.2) is 30.3 Å². The highest BCUT2D eigenvalue weighted by molar-refractivity contribution is 5.82. The van der Waals surface area contributed by atoms with E-state index in [4.69, 9.17) is 10.5 Å². The molecule has 1 amide bonds. The summed E-state index contributed by atoms with van der Waals surface area (Å²) < 4.78 is 5.51. The zero-order valence-electron chi connectivity index (χ0n) is 11.3. The molecular formula is C14H22N2O2. The largest absolute Gasteiger partial charge is 0.374 e. The first-order chi connectivity index (χ1) is 8.46. The third-order valence-corrected chi connectivity index (χ3v) is 2.66. The highest BCUT2D eigenvalue weighted by Crippen LogP contribution is 2.11. The second-order valence-corrected chi connectivity index (χ2v) is 4.80. The summed E-state index contributed by atoms with van der Waals surface area (Å²) in [4.78, 5) is 11.9. The van der Waals surface area contributed by atoms with E-state index in [-0.39, 0.29) is 11.5 Å². The topological polar surface area (TPSA) is 64.3 Å². The molecule has 4 heteroatoms. The van der Waals surface area contributed by atoms with Crippen LogP contribution in [0.1, 0.15) is 32.4 Å². The van der Waals surface area contributed by atoms with Crippen molar-refractivity contribution in [3.05, 3.63) is 35.9 Å². The van der Waals surface area contributed by atoms with Crippen LogP contribution in [0.5, 0.6) is 0 Å². The number of amides is 1. The van der Waals surface area contributed by atoms with Gasteiger partial charge in [-0.05, 0) is 26.3 Å².